The lowest BCUT2D eigenvalue weighted by molar-refractivity contribution is -0.384. The van der Waals surface area contributed by atoms with Crippen LogP contribution in [0.4, 0.5) is 15.9 Å². The van der Waals surface area contributed by atoms with Gasteiger partial charge in [-0.15, -0.1) is 0 Å². The average Bonchev–Trinajstić information content (AvgIpc) is 2.55. The second-order valence-corrected chi connectivity index (χ2v) is 5.10. The molecule has 0 saturated heterocycles. The number of fused-ring (bicyclic) bond motifs is 1. The molecule has 0 bridgehead atoms. The third-order valence-corrected chi connectivity index (χ3v) is 3.55. The smallest absolute Gasteiger partial charge is 0.270 e. The van der Waals surface area contributed by atoms with Gasteiger partial charge in [0.1, 0.15) is 18.0 Å². The molecule has 1 N–H and O–H groups in total. The van der Waals surface area contributed by atoms with Crippen LogP contribution >= 0.6 is 0 Å². The first-order valence-electron chi connectivity index (χ1n) is 6.96. The van der Waals surface area contributed by atoms with Crippen molar-refractivity contribution >= 4 is 22.4 Å². The highest BCUT2D eigenvalue weighted by Crippen LogP contribution is 2.27. The summed E-state index contributed by atoms with van der Waals surface area (Å²) in [7, 11) is 0. The molecule has 0 spiro atoms. The van der Waals surface area contributed by atoms with Crippen molar-refractivity contribution in [3.05, 3.63) is 70.3 Å². The zero-order chi connectivity index (χ0) is 16.4. The van der Waals surface area contributed by atoms with Crippen LogP contribution in [0, 0.1) is 15.9 Å². The summed E-state index contributed by atoms with van der Waals surface area (Å²) in [6.45, 7) is 1.90. The molecule has 0 amide bonds. The van der Waals surface area contributed by atoms with Gasteiger partial charge in [-0.2, -0.15) is 0 Å². The van der Waals surface area contributed by atoms with Crippen molar-refractivity contribution in [1.82, 2.24) is 9.97 Å². The van der Waals surface area contributed by atoms with Gasteiger partial charge in [0.25, 0.3) is 5.69 Å². The molecule has 0 radical (unpaired) electrons. The Kier molecular flexibility index (Phi) is 3.84. The summed E-state index contributed by atoms with van der Waals surface area (Å²) in [5.74, 6) is 0.194. The van der Waals surface area contributed by atoms with Crippen LogP contribution in [-0.4, -0.2) is 14.9 Å². The van der Waals surface area contributed by atoms with Gasteiger partial charge in [0.05, 0.1) is 10.4 Å². The second kappa shape index (κ2) is 5.96. The summed E-state index contributed by atoms with van der Waals surface area (Å²) in [6, 6.07) is 10.4. The first-order valence-corrected chi connectivity index (χ1v) is 6.96. The molecule has 2 aromatic carbocycles. The van der Waals surface area contributed by atoms with E-state index < -0.39 is 4.92 Å². The topological polar surface area (TPSA) is 81.0 Å². The summed E-state index contributed by atoms with van der Waals surface area (Å²) >= 11 is 0. The quantitative estimate of drug-likeness (QED) is 0.584. The van der Waals surface area contributed by atoms with E-state index >= 15 is 0 Å². The van der Waals surface area contributed by atoms with E-state index in [0.29, 0.717) is 16.7 Å². The molecule has 3 aromatic rings. The fourth-order valence-electron chi connectivity index (χ4n) is 2.31. The number of nitrogens with one attached hydrogen (secondary N) is 1. The van der Waals surface area contributed by atoms with Gasteiger partial charge < -0.3 is 5.32 Å². The molecule has 23 heavy (non-hydrogen) atoms. The zero-order valence-electron chi connectivity index (χ0n) is 12.2. The molecule has 0 aliphatic rings. The van der Waals surface area contributed by atoms with Gasteiger partial charge in [-0.25, -0.2) is 14.4 Å². The lowest BCUT2D eigenvalue weighted by Gasteiger charge is -2.16. The standard InChI is InChI=1S/C16H13FN4O2/c1-10(11-2-4-12(17)5-3-11)20-16-14-8-13(21(22)23)6-7-15(14)18-9-19-16/h2-10H,1H3,(H,18,19,20)/t10-/m0/s1. The van der Waals surface area contributed by atoms with Crippen LogP contribution in [0.15, 0.2) is 48.8 Å². The third kappa shape index (κ3) is 3.08. The molecule has 1 aromatic heterocycles. The molecule has 6 nitrogen and oxygen atoms in total. The van der Waals surface area contributed by atoms with Gasteiger partial charge >= 0.3 is 0 Å². The van der Waals surface area contributed by atoms with Gasteiger partial charge in [0, 0.05) is 23.6 Å². The summed E-state index contributed by atoms with van der Waals surface area (Å²) < 4.78 is 13.0. The predicted octanol–water partition coefficient (Wildman–Crippen LogP) is 3.85. The molecule has 1 atom stereocenters. The molecule has 116 valence electrons. The minimum Gasteiger partial charge on any atom is -0.363 e. The molecule has 3 rings (SSSR count). The number of benzene rings is 2. The van der Waals surface area contributed by atoms with E-state index in [1.54, 1.807) is 18.2 Å². The van der Waals surface area contributed by atoms with Crippen LogP contribution in [0.1, 0.15) is 18.5 Å². The van der Waals surface area contributed by atoms with Crippen LogP contribution in [-0.2, 0) is 0 Å². The first-order chi connectivity index (χ1) is 11.0. The van der Waals surface area contributed by atoms with Crippen LogP contribution in [0.25, 0.3) is 10.9 Å². The van der Waals surface area contributed by atoms with Crippen molar-refractivity contribution in [3.63, 3.8) is 0 Å². The Morgan fingerprint density at radius 2 is 1.91 bits per heavy atom. The van der Waals surface area contributed by atoms with Crippen molar-refractivity contribution in [1.29, 1.82) is 0 Å². The maximum Gasteiger partial charge on any atom is 0.270 e. The average molecular weight is 312 g/mol. The SMILES string of the molecule is C[C@H](Nc1ncnc2ccc([N+](=O)[O-])cc12)c1ccc(F)cc1. The monoisotopic (exact) mass is 312 g/mol. The minimum atomic E-state index is -0.459. The molecular weight excluding hydrogens is 299 g/mol. The van der Waals surface area contributed by atoms with Crippen molar-refractivity contribution in [2.45, 2.75) is 13.0 Å². The minimum absolute atomic E-state index is 0.0233. The van der Waals surface area contributed by atoms with Gasteiger partial charge in [-0.3, -0.25) is 10.1 Å². The number of nitro groups is 1. The fourth-order valence-corrected chi connectivity index (χ4v) is 2.31. The van der Waals surface area contributed by atoms with E-state index in [0.717, 1.165) is 5.56 Å². The van der Waals surface area contributed by atoms with Gasteiger partial charge in [-0.05, 0) is 30.7 Å². The number of rotatable bonds is 4. The van der Waals surface area contributed by atoms with E-state index in [1.807, 2.05) is 6.92 Å². The zero-order valence-corrected chi connectivity index (χ0v) is 12.2. The molecular formula is C16H13FN4O2. The Hall–Kier alpha value is -3.09. The van der Waals surface area contributed by atoms with Gasteiger partial charge in [0.2, 0.25) is 0 Å². The lowest BCUT2D eigenvalue weighted by atomic mass is 10.1. The maximum absolute atomic E-state index is 13.0. The highest BCUT2D eigenvalue weighted by molar-refractivity contribution is 5.90. The molecule has 0 saturated carbocycles. The second-order valence-electron chi connectivity index (χ2n) is 5.10. The summed E-state index contributed by atoms with van der Waals surface area (Å²) in [6.07, 6.45) is 1.40. The van der Waals surface area contributed by atoms with Crippen LogP contribution < -0.4 is 5.32 Å². The van der Waals surface area contributed by atoms with Crippen molar-refractivity contribution < 1.29 is 9.31 Å². The predicted molar refractivity (Wildman–Crippen MR) is 84.6 cm³/mol. The Morgan fingerprint density at radius 1 is 1.17 bits per heavy atom. The van der Waals surface area contributed by atoms with E-state index in [4.69, 9.17) is 0 Å². The van der Waals surface area contributed by atoms with E-state index in [1.165, 1.54) is 30.6 Å². The number of hydrogen-bond acceptors (Lipinski definition) is 5. The number of halogens is 1. The Bertz CT molecular complexity index is 868. The van der Waals surface area contributed by atoms with Gasteiger partial charge in [0.15, 0.2) is 0 Å². The maximum atomic E-state index is 13.0. The number of nitro benzene ring substituents is 1. The fraction of sp³-hybridized carbons (Fsp3) is 0.125. The first kappa shape index (κ1) is 14.8. The number of nitrogens with zero attached hydrogens (tertiary/aromatic N) is 3. The van der Waals surface area contributed by atoms with Crippen LogP contribution in [0.5, 0.6) is 0 Å². The Labute approximate surface area is 131 Å². The number of hydrogen-bond donors (Lipinski definition) is 1. The number of non-ortho nitro benzene ring substituents is 1. The van der Waals surface area contributed by atoms with Crippen molar-refractivity contribution in [2.75, 3.05) is 5.32 Å². The number of anilines is 1. The lowest BCUT2D eigenvalue weighted by Crippen LogP contribution is -2.08. The van der Waals surface area contributed by atoms with E-state index in [2.05, 4.69) is 15.3 Å². The summed E-state index contributed by atoms with van der Waals surface area (Å²) in [5.41, 5.74) is 1.47. The van der Waals surface area contributed by atoms with Crippen molar-refractivity contribution in [3.8, 4) is 0 Å². The third-order valence-electron chi connectivity index (χ3n) is 3.55. The highest BCUT2D eigenvalue weighted by atomic mass is 19.1. The Morgan fingerprint density at radius 3 is 2.61 bits per heavy atom. The van der Waals surface area contributed by atoms with E-state index in [-0.39, 0.29) is 17.5 Å². The molecule has 1 heterocycles. The largest absolute Gasteiger partial charge is 0.363 e. The van der Waals surface area contributed by atoms with Crippen LogP contribution in [0.3, 0.4) is 0 Å². The molecule has 0 aliphatic carbocycles. The molecule has 7 heteroatoms. The van der Waals surface area contributed by atoms with Crippen LogP contribution in [0.2, 0.25) is 0 Å². The summed E-state index contributed by atoms with van der Waals surface area (Å²) in [5, 5.41) is 14.7. The normalized spacial score (nSPS) is 12.1. The molecule has 0 fully saturated rings. The Balaban J connectivity index is 1.97. The molecule has 0 unspecified atom stereocenters. The summed E-state index contributed by atoms with van der Waals surface area (Å²) in [4.78, 5) is 18.8. The van der Waals surface area contributed by atoms with E-state index in [9.17, 15) is 14.5 Å². The molecule has 0 aliphatic heterocycles. The highest BCUT2D eigenvalue weighted by Gasteiger charge is 2.13. The number of aromatic nitrogens is 2. The van der Waals surface area contributed by atoms with Crippen molar-refractivity contribution in [2.24, 2.45) is 0 Å². The van der Waals surface area contributed by atoms with Gasteiger partial charge in [-0.1, -0.05) is 12.1 Å².